The van der Waals surface area contributed by atoms with E-state index in [4.69, 9.17) is 18.9 Å². The minimum atomic E-state index is -1.23. The van der Waals surface area contributed by atoms with Gasteiger partial charge in [0.2, 0.25) is 0 Å². The minimum Gasteiger partial charge on any atom is -0.339 e. The minimum absolute atomic E-state index is 0.252. The van der Waals surface area contributed by atoms with Gasteiger partial charge in [-0.3, -0.25) is 19.2 Å². The zero-order valence-corrected chi connectivity index (χ0v) is 21.7. The lowest BCUT2D eigenvalue weighted by molar-refractivity contribution is -0.137. The Morgan fingerprint density at radius 2 is 0.643 bits per heavy atom. The Kier molecular flexibility index (Phi) is 9.10. The summed E-state index contributed by atoms with van der Waals surface area (Å²) in [6, 6.07) is 13.5. The van der Waals surface area contributed by atoms with Crippen molar-refractivity contribution in [2.24, 2.45) is 20.4 Å². The number of nitrogens with one attached hydrogen (secondary N) is 4. The lowest BCUT2D eigenvalue weighted by Crippen LogP contribution is -2.45. The lowest BCUT2D eigenvalue weighted by atomic mass is 10.1. The van der Waals surface area contributed by atoms with Crippen LogP contribution in [0.2, 0.25) is 0 Å². The zero-order valence-electron chi connectivity index (χ0n) is 21.7. The van der Waals surface area contributed by atoms with Crippen LogP contribution in [0.5, 0.6) is 0 Å². The number of carbonyl (C=O) groups is 4. The molecular weight excluding hydrogens is 552 g/mol. The van der Waals surface area contributed by atoms with Crippen LogP contribution < -0.4 is 21.7 Å². The van der Waals surface area contributed by atoms with Crippen molar-refractivity contribution in [2.75, 3.05) is 13.6 Å². The molecular formula is C26H24N8O8. The van der Waals surface area contributed by atoms with Crippen LogP contribution in [0.25, 0.3) is 0 Å². The molecule has 16 heteroatoms. The van der Waals surface area contributed by atoms with E-state index in [0.29, 0.717) is 22.3 Å². The second-order valence-corrected chi connectivity index (χ2v) is 8.86. The van der Waals surface area contributed by atoms with Crippen LogP contribution in [-0.4, -0.2) is 86.5 Å². The lowest BCUT2D eigenvalue weighted by Gasteiger charge is -2.13. The average Bonchev–Trinajstić information content (AvgIpc) is 3.69. The molecule has 4 bridgehead atoms. The number of hydrogen-bond donors (Lipinski definition) is 4. The van der Waals surface area contributed by atoms with Crippen molar-refractivity contribution in [3.05, 3.63) is 70.8 Å². The summed E-state index contributed by atoms with van der Waals surface area (Å²) in [5, 5.41) is 15.6. The third-order valence-corrected chi connectivity index (χ3v) is 6.00. The molecule has 8 rings (SSSR count). The standard InChI is InChI=1S/C26H24N8O8/c35-23-19-20(40-13-39-19)25(37)33-29-11-17-5-7-18(8-6-17)12-30-34-26(38)22-21(41-14-42-22)24(36)32-28-10-16-2-1-15(3-4-16)9-27-31-23/h1-12,19-22H,13-14H2,(H,31,35)(H,32,36)(H,33,37)(H,34,38)/b27-9+,28-10+,29-11+,30-12+/t19-,20-,21-,22-/m0/s1. The van der Waals surface area contributed by atoms with Gasteiger partial charge in [0.15, 0.2) is 24.4 Å². The maximum absolute atomic E-state index is 12.5. The summed E-state index contributed by atoms with van der Waals surface area (Å²) in [5.74, 6) is -2.69. The topological polar surface area (TPSA) is 203 Å². The molecule has 2 saturated heterocycles. The molecule has 4 N–H and O–H groups in total. The van der Waals surface area contributed by atoms with Crippen molar-refractivity contribution >= 4 is 48.5 Å². The van der Waals surface area contributed by atoms with Crippen LogP contribution in [0.1, 0.15) is 22.3 Å². The fourth-order valence-electron chi connectivity index (χ4n) is 3.85. The normalized spacial score (nSPS) is 28.2. The van der Waals surface area contributed by atoms with Gasteiger partial charge in [-0.05, 0) is 22.3 Å². The van der Waals surface area contributed by atoms with Gasteiger partial charge in [0.25, 0.3) is 23.6 Å². The van der Waals surface area contributed by atoms with Crippen LogP contribution in [0.3, 0.4) is 0 Å². The van der Waals surface area contributed by atoms with Gasteiger partial charge in [0, 0.05) is 0 Å². The largest absolute Gasteiger partial charge is 0.339 e. The second-order valence-electron chi connectivity index (χ2n) is 8.86. The highest BCUT2D eigenvalue weighted by Crippen LogP contribution is 2.15. The molecule has 6 aliphatic rings. The van der Waals surface area contributed by atoms with Crippen LogP contribution in [0.15, 0.2) is 68.9 Å². The summed E-state index contributed by atoms with van der Waals surface area (Å²) in [7, 11) is 0. The molecule has 0 aromatic heterocycles. The fourth-order valence-corrected chi connectivity index (χ4v) is 3.85. The average molecular weight is 577 g/mol. The van der Waals surface area contributed by atoms with Gasteiger partial charge in [0.05, 0.1) is 24.9 Å². The van der Waals surface area contributed by atoms with E-state index in [-0.39, 0.29) is 13.6 Å². The van der Waals surface area contributed by atoms with E-state index in [1.54, 1.807) is 48.5 Å². The van der Waals surface area contributed by atoms with Gasteiger partial charge in [-0.15, -0.1) is 0 Å². The SMILES string of the molecule is O=C1N/N=C/c2ccc(cc2)/C=N/NC(=O)[C@H]2OCO[C@@H]2C(=O)N/N=C/c2ccc(cc2)/C=N/NC(=O)[C@H]2OCO[C@H]12. The molecule has 16 nitrogen and oxygen atoms in total. The van der Waals surface area contributed by atoms with Crippen molar-refractivity contribution in [1.82, 2.24) is 21.7 Å². The molecule has 2 aromatic rings. The Morgan fingerprint density at radius 1 is 0.429 bits per heavy atom. The molecule has 0 saturated carbocycles. The van der Waals surface area contributed by atoms with E-state index in [1.165, 1.54) is 24.9 Å². The van der Waals surface area contributed by atoms with Crippen LogP contribution >= 0.6 is 0 Å². The van der Waals surface area contributed by atoms with E-state index < -0.39 is 48.0 Å². The summed E-state index contributed by atoms with van der Waals surface area (Å²) in [5.41, 5.74) is 11.9. The van der Waals surface area contributed by atoms with Crippen LogP contribution in [-0.2, 0) is 38.1 Å². The Balaban J connectivity index is 1.32. The first-order valence-electron chi connectivity index (χ1n) is 12.5. The number of amides is 4. The Bertz CT molecular complexity index is 1230. The fraction of sp³-hybridized carbons (Fsp3) is 0.231. The first-order valence-corrected chi connectivity index (χ1v) is 12.5. The summed E-state index contributed by atoms with van der Waals surface area (Å²) in [6.07, 6.45) is 0.653. The quantitative estimate of drug-likeness (QED) is 0.296. The number of carbonyl (C=O) groups excluding carboxylic acids is 4. The number of nitrogens with zero attached hydrogens (tertiary/aromatic N) is 4. The summed E-state index contributed by atoms with van der Waals surface area (Å²) >= 11 is 0. The monoisotopic (exact) mass is 576 g/mol. The molecule has 216 valence electrons. The predicted octanol–water partition coefficient (Wildman–Crippen LogP) is -1.32. The molecule has 2 aromatic carbocycles. The Hall–Kier alpha value is -5.16. The molecule has 42 heavy (non-hydrogen) atoms. The number of benzene rings is 2. The van der Waals surface area contributed by atoms with Crippen molar-refractivity contribution in [3.8, 4) is 0 Å². The Labute approximate surface area is 237 Å². The maximum atomic E-state index is 12.5. The number of hydrogen-bond acceptors (Lipinski definition) is 12. The molecule has 0 spiro atoms. The molecule has 2 fully saturated rings. The van der Waals surface area contributed by atoms with Gasteiger partial charge in [-0.25, -0.2) is 21.7 Å². The molecule has 6 heterocycles. The molecule has 6 aliphatic heterocycles. The highest BCUT2D eigenvalue weighted by atomic mass is 16.7. The highest BCUT2D eigenvalue weighted by molar-refractivity contribution is 5.94. The van der Waals surface area contributed by atoms with E-state index in [2.05, 4.69) is 42.1 Å². The van der Waals surface area contributed by atoms with Crippen molar-refractivity contribution in [2.45, 2.75) is 24.4 Å². The number of ether oxygens (including phenoxy) is 4. The van der Waals surface area contributed by atoms with E-state index in [1.807, 2.05) is 0 Å². The Morgan fingerprint density at radius 3 is 0.857 bits per heavy atom. The van der Waals surface area contributed by atoms with E-state index in [9.17, 15) is 19.2 Å². The summed E-state index contributed by atoms with van der Waals surface area (Å²) in [4.78, 5) is 50.2. The third kappa shape index (κ3) is 7.12. The van der Waals surface area contributed by atoms with Crippen molar-refractivity contribution in [3.63, 3.8) is 0 Å². The van der Waals surface area contributed by atoms with Crippen LogP contribution in [0.4, 0.5) is 0 Å². The maximum Gasteiger partial charge on any atom is 0.272 e. The molecule has 4 atom stereocenters. The smallest absolute Gasteiger partial charge is 0.272 e. The third-order valence-electron chi connectivity index (χ3n) is 6.00. The molecule has 0 unspecified atom stereocenters. The van der Waals surface area contributed by atoms with E-state index in [0.717, 1.165) is 0 Å². The highest BCUT2D eigenvalue weighted by Gasteiger charge is 2.41. The van der Waals surface area contributed by atoms with Crippen LogP contribution in [0, 0.1) is 0 Å². The molecule has 0 aliphatic carbocycles. The summed E-state index contributed by atoms with van der Waals surface area (Å²) < 4.78 is 21.0. The first-order chi connectivity index (χ1) is 20.5. The van der Waals surface area contributed by atoms with Gasteiger partial charge < -0.3 is 18.9 Å². The number of hydrazone groups is 4. The van der Waals surface area contributed by atoms with Gasteiger partial charge in [-0.2, -0.15) is 20.4 Å². The zero-order chi connectivity index (χ0) is 29.3. The van der Waals surface area contributed by atoms with Gasteiger partial charge in [-0.1, -0.05) is 48.5 Å². The van der Waals surface area contributed by atoms with Crippen molar-refractivity contribution in [1.29, 1.82) is 0 Å². The second kappa shape index (κ2) is 13.5. The van der Waals surface area contributed by atoms with Gasteiger partial charge in [0.1, 0.15) is 13.6 Å². The van der Waals surface area contributed by atoms with Crippen molar-refractivity contribution < 1.29 is 38.1 Å². The van der Waals surface area contributed by atoms with E-state index >= 15 is 0 Å². The summed E-state index contributed by atoms with van der Waals surface area (Å²) in [6.45, 7) is -0.504. The molecule has 4 amide bonds. The predicted molar refractivity (Wildman–Crippen MR) is 145 cm³/mol. The first kappa shape index (κ1) is 28.4. The molecule has 0 radical (unpaired) electrons. The number of rotatable bonds is 0. The van der Waals surface area contributed by atoms with Gasteiger partial charge >= 0.3 is 0 Å².